The maximum Gasteiger partial charge on any atom is 0.138 e. The quantitative estimate of drug-likeness (QED) is 0.835. The number of aromatic nitrogens is 5. The van der Waals surface area contributed by atoms with Gasteiger partial charge in [-0.05, 0) is 18.0 Å². The van der Waals surface area contributed by atoms with Crippen LogP contribution in [0, 0.1) is 0 Å². The van der Waals surface area contributed by atoms with Crippen molar-refractivity contribution in [2.45, 2.75) is 32.4 Å². The molecule has 0 fully saturated rings. The van der Waals surface area contributed by atoms with Gasteiger partial charge in [0.1, 0.15) is 12.2 Å². The average molecular weight is 239 g/mol. The summed E-state index contributed by atoms with van der Waals surface area (Å²) >= 11 is 1.20. The zero-order valence-corrected chi connectivity index (χ0v) is 9.76. The number of aryl methyl sites for hydroxylation is 1. The van der Waals surface area contributed by atoms with E-state index in [9.17, 15) is 5.11 Å². The monoisotopic (exact) mass is 239 g/mol. The summed E-state index contributed by atoms with van der Waals surface area (Å²) in [5.41, 5.74) is 0. The van der Waals surface area contributed by atoms with E-state index < -0.39 is 6.10 Å². The van der Waals surface area contributed by atoms with E-state index >= 15 is 0 Å². The molecular formula is C9H13N5OS. The summed E-state index contributed by atoms with van der Waals surface area (Å²) in [7, 11) is 0. The van der Waals surface area contributed by atoms with Gasteiger partial charge in [0.05, 0.1) is 17.2 Å². The van der Waals surface area contributed by atoms with Crippen molar-refractivity contribution in [2.75, 3.05) is 0 Å². The minimum atomic E-state index is -0.597. The van der Waals surface area contributed by atoms with Gasteiger partial charge in [-0.3, -0.25) is 4.68 Å². The molecule has 2 aromatic rings. The van der Waals surface area contributed by atoms with Crippen LogP contribution in [0.1, 0.15) is 30.2 Å². The molecule has 1 unspecified atom stereocenters. The molecule has 0 aliphatic rings. The van der Waals surface area contributed by atoms with Crippen LogP contribution in [0.15, 0.2) is 12.5 Å². The molecule has 16 heavy (non-hydrogen) atoms. The van der Waals surface area contributed by atoms with Crippen LogP contribution in [0.3, 0.4) is 0 Å². The van der Waals surface area contributed by atoms with Crippen molar-refractivity contribution in [3.8, 4) is 0 Å². The molecule has 86 valence electrons. The Labute approximate surface area is 97.1 Å². The first-order valence-electron chi connectivity index (χ1n) is 5.13. The smallest absolute Gasteiger partial charge is 0.138 e. The van der Waals surface area contributed by atoms with Gasteiger partial charge >= 0.3 is 0 Å². The molecule has 0 amide bonds. The largest absolute Gasteiger partial charge is 0.387 e. The van der Waals surface area contributed by atoms with E-state index in [-0.39, 0.29) is 0 Å². The number of aliphatic hydroxyl groups excluding tert-OH is 1. The summed E-state index contributed by atoms with van der Waals surface area (Å²) in [5.74, 6) is 0.794. The molecule has 7 heteroatoms. The lowest BCUT2D eigenvalue weighted by Crippen LogP contribution is -2.09. The average Bonchev–Trinajstić information content (AvgIpc) is 2.90. The summed E-state index contributed by atoms with van der Waals surface area (Å²) in [4.78, 5) is 4.90. The van der Waals surface area contributed by atoms with Gasteiger partial charge in [0.2, 0.25) is 0 Å². The lowest BCUT2D eigenvalue weighted by atomic mass is 10.2. The minimum Gasteiger partial charge on any atom is -0.387 e. The van der Waals surface area contributed by atoms with E-state index in [1.54, 1.807) is 6.20 Å². The molecule has 0 spiro atoms. The van der Waals surface area contributed by atoms with Crippen LogP contribution in [0.2, 0.25) is 0 Å². The highest BCUT2D eigenvalue weighted by Crippen LogP contribution is 2.18. The third-order valence-electron chi connectivity index (χ3n) is 2.21. The Morgan fingerprint density at radius 1 is 1.56 bits per heavy atom. The molecule has 2 heterocycles. The predicted molar refractivity (Wildman–Crippen MR) is 58.9 cm³/mol. The Morgan fingerprint density at radius 3 is 3.12 bits per heavy atom. The third kappa shape index (κ3) is 2.42. The highest BCUT2D eigenvalue weighted by atomic mass is 32.1. The Morgan fingerprint density at radius 2 is 2.44 bits per heavy atom. The molecule has 0 radical (unpaired) electrons. The van der Waals surface area contributed by atoms with Crippen molar-refractivity contribution in [3.05, 3.63) is 23.2 Å². The van der Waals surface area contributed by atoms with Crippen molar-refractivity contribution in [1.29, 1.82) is 0 Å². The van der Waals surface area contributed by atoms with E-state index in [1.807, 2.05) is 4.68 Å². The molecule has 0 aromatic carbocycles. The summed E-state index contributed by atoms with van der Waals surface area (Å²) in [6, 6.07) is 0. The van der Waals surface area contributed by atoms with Crippen LogP contribution < -0.4 is 0 Å². The molecule has 0 aliphatic carbocycles. The number of nitrogens with zero attached hydrogens (tertiary/aromatic N) is 5. The molecule has 2 rings (SSSR count). The first-order valence-corrected chi connectivity index (χ1v) is 5.90. The van der Waals surface area contributed by atoms with Crippen LogP contribution in [0.4, 0.5) is 0 Å². The van der Waals surface area contributed by atoms with Crippen molar-refractivity contribution in [3.63, 3.8) is 0 Å². The third-order valence-corrected chi connectivity index (χ3v) is 2.98. The molecule has 2 aromatic heterocycles. The van der Waals surface area contributed by atoms with Crippen LogP contribution in [0.5, 0.6) is 0 Å². The number of rotatable bonds is 5. The standard InChI is InChI=1S/C9H13N5OS/c1-2-3-14-9(10-6-12-14)4-7(15)8-5-11-13-16-8/h5-7,15H,2-4H2,1H3. The van der Waals surface area contributed by atoms with Crippen LogP contribution in [0.25, 0.3) is 0 Å². The molecule has 0 saturated heterocycles. The maximum atomic E-state index is 9.92. The molecule has 0 aliphatic heterocycles. The van der Waals surface area contributed by atoms with Crippen LogP contribution >= 0.6 is 11.5 Å². The molecule has 0 saturated carbocycles. The minimum absolute atomic E-state index is 0.448. The Hall–Kier alpha value is -1.34. The van der Waals surface area contributed by atoms with Gasteiger partial charge in [0.25, 0.3) is 0 Å². The Bertz CT molecular complexity index is 427. The maximum absolute atomic E-state index is 9.92. The fourth-order valence-corrected chi connectivity index (χ4v) is 1.93. The van der Waals surface area contributed by atoms with Gasteiger partial charge in [0.15, 0.2) is 0 Å². The van der Waals surface area contributed by atoms with Crippen molar-refractivity contribution in [1.82, 2.24) is 24.4 Å². The van der Waals surface area contributed by atoms with E-state index in [1.165, 1.54) is 17.9 Å². The second-order valence-corrected chi connectivity index (χ2v) is 4.26. The fourth-order valence-electron chi connectivity index (χ4n) is 1.44. The highest BCUT2D eigenvalue weighted by molar-refractivity contribution is 7.05. The Kier molecular flexibility index (Phi) is 3.58. The summed E-state index contributed by atoms with van der Waals surface area (Å²) < 4.78 is 5.54. The first kappa shape index (κ1) is 11.2. The van der Waals surface area contributed by atoms with E-state index in [0.29, 0.717) is 6.42 Å². The van der Waals surface area contributed by atoms with Gasteiger partial charge in [-0.15, -0.1) is 5.10 Å². The van der Waals surface area contributed by atoms with Gasteiger partial charge in [-0.2, -0.15) is 5.10 Å². The number of hydrogen-bond donors (Lipinski definition) is 1. The van der Waals surface area contributed by atoms with Crippen LogP contribution in [-0.2, 0) is 13.0 Å². The normalized spacial score (nSPS) is 12.9. The summed E-state index contributed by atoms with van der Waals surface area (Å²) in [6.07, 6.45) is 3.94. The van der Waals surface area contributed by atoms with E-state index in [0.717, 1.165) is 23.7 Å². The zero-order chi connectivity index (χ0) is 11.4. The topological polar surface area (TPSA) is 76.7 Å². The van der Waals surface area contributed by atoms with Gasteiger partial charge in [0, 0.05) is 13.0 Å². The second kappa shape index (κ2) is 5.13. The second-order valence-electron chi connectivity index (χ2n) is 3.44. The first-order chi connectivity index (χ1) is 7.81. The molecule has 1 atom stereocenters. The van der Waals surface area contributed by atoms with E-state index in [2.05, 4.69) is 26.6 Å². The summed E-state index contributed by atoms with van der Waals surface area (Å²) in [5, 5.41) is 17.7. The van der Waals surface area contributed by atoms with Gasteiger partial charge in [-0.1, -0.05) is 11.4 Å². The van der Waals surface area contributed by atoms with E-state index in [4.69, 9.17) is 0 Å². The summed E-state index contributed by atoms with van der Waals surface area (Å²) in [6.45, 7) is 2.90. The van der Waals surface area contributed by atoms with Crippen molar-refractivity contribution in [2.24, 2.45) is 0 Å². The van der Waals surface area contributed by atoms with Gasteiger partial charge < -0.3 is 5.11 Å². The predicted octanol–water partition coefficient (Wildman–Crippen LogP) is 0.816. The molecular weight excluding hydrogens is 226 g/mol. The SMILES string of the molecule is CCCn1ncnc1CC(O)c1cnns1. The Balaban J connectivity index is 2.06. The molecule has 6 nitrogen and oxygen atoms in total. The lowest BCUT2D eigenvalue weighted by molar-refractivity contribution is 0.177. The van der Waals surface area contributed by atoms with Crippen molar-refractivity contribution < 1.29 is 5.11 Å². The fraction of sp³-hybridized carbons (Fsp3) is 0.556. The molecule has 1 N–H and O–H groups in total. The lowest BCUT2D eigenvalue weighted by Gasteiger charge is -2.08. The highest BCUT2D eigenvalue weighted by Gasteiger charge is 2.14. The van der Waals surface area contributed by atoms with Crippen molar-refractivity contribution >= 4 is 11.5 Å². The number of aliphatic hydroxyl groups is 1. The number of hydrogen-bond acceptors (Lipinski definition) is 6. The van der Waals surface area contributed by atoms with Gasteiger partial charge in [-0.25, -0.2) is 4.98 Å². The van der Waals surface area contributed by atoms with Crippen LogP contribution in [-0.4, -0.2) is 29.5 Å². The molecule has 0 bridgehead atoms. The zero-order valence-electron chi connectivity index (χ0n) is 8.94.